The van der Waals surface area contributed by atoms with Gasteiger partial charge in [0.05, 0.1) is 22.4 Å². The first-order chi connectivity index (χ1) is 13.5. The number of nitrogens with zero attached hydrogens (tertiary/aromatic N) is 3. The molecule has 0 bridgehead atoms. The molecule has 0 radical (unpaired) electrons. The van der Waals surface area contributed by atoms with E-state index in [0.29, 0.717) is 29.0 Å². The van der Waals surface area contributed by atoms with Gasteiger partial charge >= 0.3 is 0 Å². The van der Waals surface area contributed by atoms with Gasteiger partial charge in [-0.25, -0.2) is 4.68 Å². The summed E-state index contributed by atoms with van der Waals surface area (Å²) in [5, 5.41) is 20.3. The Labute approximate surface area is 160 Å². The Bertz CT molecular complexity index is 1010. The summed E-state index contributed by atoms with van der Waals surface area (Å²) in [5.41, 5.74) is 1.94. The number of aromatic nitrogens is 2. The highest BCUT2D eigenvalue weighted by Crippen LogP contribution is 2.16. The molecule has 0 unspecified atom stereocenters. The predicted octanol–water partition coefficient (Wildman–Crippen LogP) is 2.78. The fourth-order valence-corrected chi connectivity index (χ4v) is 2.48. The van der Waals surface area contributed by atoms with Crippen molar-refractivity contribution in [2.45, 2.75) is 6.92 Å². The van der Waals surface area contributed by atoms with Gasteiger partial charge in [0.2, 0.25) is 0 Å². The monoisotopic (exact) mass is 379 g/mol. The van der Waals surface area contributed by atoms with Crippen LogP contribution in [-0.4, -0.2) is 33.1 Å². The molecule has 2 N–H and O–H groups in total. The van der Waals surface area contributed by atoms with Crippen LogP contribution in [0.1, 0.15) is 27.6 Å². The van der Waals surface area contributed by atoms with Crippen molar-refractivity contribution in [2.75, 3.05) is 11.9 Å². The number of rotatable bonds is 6. The molecule has 0 aliphatic rings. The Morgan fingerprint density at radius 2 is 1.71 bits per heavy atom. The van der Waals surface area contributed by atoms with Crippen molar-refractivity contribution in [2.24, 2.45) is 0 Å². The summed E-state index contributed by atoms with van der Waals surface area (Å²) in [5.74, 6) is -0.538. The molecule has 0 spiro atoms. The zero-order valence-electron chi connectivity index (χ0n) is 15.0. The Kier molecular flexibility index (Phi) is 5.45. The number of hydrogen-bond donors (Lipinski definition) is 2. The highest BCUT2D eigenvalue weighted by atomic mass is 16.6. The number of anilines is 1. The van der Waals surface area contributed by atoms with Crippen molar-refractivity contribution in [1.82, 2.24) is 15.1 Å². The van der Waals surface area contributed by atoms with E-state index in [1.54, 1.807) is 36.4 Å². The third kappa shape index (κ3) is 4.21. The van der Waals surface area contributed by atoms with E-state index in [2.05, 4.69) is 15.7 Å². The fourth-order valence-electron chi connectivity index (χ4n) is 2.48. The summed E-state index contributed by atoms with van der Waals surface area (Å²) < 4.78 is 1.46. The van der Waals surface area contributed by atoms with E-state index in [-0.39, 0.29) is 17.5 Å². The van der Waals surface area contributed by atoms with Gasteiger partial charge in [0.15, 0.2) is 0 Å². The molecule has 142 valence electrons. The highest BCUT2D eigenvalue weighted by molar-refractivity contribution is 6.04. The Hall–Kier alpha value is -4.01. The number of nitro groups is 1. The van der Waals surface area contributed by atoms with Crippen molar-refractivity contribution >= 4 is 23.2 Å². The minimum atomic E-state index is -0.483. The number of nitrogens with one attached hydrogen (secondary N) is 2. The number of non-ortho nitro benzene ring substituents is 1. The van der Waals surface area contributed by atoms with Crippen LogP contribution in [0.25, 0.3) is 5.69 Å². The standard InChI is InChI=1S/C19H17N5O4/c1-2-20-18(25)13-3-5-15(6-4-13)22-19(26)14-11-21-23(12-14)16-7-9-17(10-8-16)24(27)28/h3-12H,2H2,1H3,(H,20,25)(H,22,26). The van der Waals surface area contributed by atoms with E-state index in [0.717, 1.165) is 0 Å². The average Bonchev–Trinajstić information content (AvgIpc) is 3.19. The summed E-state index contributed by atoms with van der Waals surface area (Å²) in [4.78, 5) is 34.4. The summed E-state index contributed by atoms with van der Waals surface area (Å²) in [6, 6.07) is 12.4. The number of carbonyl (C=O) groups is 2. The zero-order chi connectivity index (χ0) is 20.1. The second-order valence-electron chi connectivity index (χ2n) is 5.84. The molecular formula is C19H17N5O4. The molecule has 0 aliphatic heterocycles. The molecule has 1 heterocycles. The van der Waals surface area contributed by atoms with Crippen LogP contribution in [0.3, 0.4) is 0 Å². The van der Waals surface area contributed by atoms with E-state index in [9.17, 15) is 19.7 Å². The minimum Gasteiger partial charge on any atom is -0.352 e. The summed E-state index contributed by atoms with van der Waals surface area (Å²) in [7, 11) is 0. The van der Waals surface area contributed by atoms with Gasteiger partial charge < -0.3 is 10.6 Å². The Balaban J connectivity index is 1.68. The first kappa shape index (κ1) is 18.8. The van der Waals surface area contributed by atoms with Gasteiger partial charge in [-0.15, -0.1) is 0 Å². The topological polar surface area (TPSA) is 119 Å². The van der Waals surface area contributed by atoms with Crippen LogP contribution in [0.5, 0.6) is 0 Å². The molecule has 3 rings (SSSR count). The number of nitro benzene ring substituents is 1. The van der Waals surface area contributed by atoms with Gasteiger partial charge in [-0.3, -0.25) is 19.7 Å². The van der Waals surface area contributed by atoms with Gasteiger partial charge in [-0.1, -0.05) is 0 Å². The zero-order valence-corrected chi connectivity index (χ0v) is 15.0. The molecule has 0 saturated carbocycles. The van der Waals surface area contributed by atoms with Crippen LogP contribution in [0.4, 0.5) is 11.4 Å². The second-order valence-corrected chi connectivity index (χ2v) is 5.84. The molecule has 9 nitrogen and oxygen atoms in total. The van der Waals surface area contributed by atoms with E-state index in [4.69, 9.17) is 0 Å². The molecule has 1 aromatic heterocycles. The van der Waals surface area contributed by atoms with Crippen molar-refractivity contribution < 1.29 is 14.5 Å². The molecule has 0 saturated heterocycles. The van der Waals surface area contributed by atoms with Crippen LogP contribution in [0.2, 0.25) is 0 Å². The smallest absolute Gasteiger partial charge is 0.269 e. The molecule has 28 heavy (non-hydrogen) atoms. The molecule has 9 heteroatoms. The lowest BCUT2D eigenvalue weighted by molar-refractivity contribution is -0.384. The number of benzene rings is 2. The maximum absolute atomic E-state index is 12.4. The van der Waals surface area contributed by atoms with Crippen LogP contribution in [-0.2, 0) is 0 Å². The number of amides is 2. The Morgan fingerprint density at radius 3 is 2.32 bits per heavy atom. The number of carbonyl (C=O) groups excluding carboxylic acids is 2. The minimum absolute atomic E-state index is 0.0232. The predicted molar refractivity (Wildman–Crippen MR) is 103 cm³/mol. The maximum atomic E-state index is 12.4. The highest BCUT2D eigenvalue weighted by Gasteiger charge is 2.12. The SMILES string of the molecule is CCNC(=O)c1ccc(NC(=O)c2cnn(-c3ccc([N+](=O)[O-])cc3)c2)cc1. The van der Waals surface area contributed by atoms with E-state index in [1.807, 2.05) is 6.92 Å². The van der Waals surface area contributed by atoms with E-state index in [1.165, 1.54) is 29.2 Å². The summed E-state index contributed by atoms with van der Waals surface area (Å²) in [6.07, 6.45) is 2.93. The normalized spacial score (nSPS) is 10.3. The lowest BCUT2D eigenvalue weighted by atomic mass is 10.2. The van der Waals surface area contributed by atoms with Crippen LogP contribution in [0.15, 0.2) is 60.9 Å². The van der Waals surface area contributed by atoms with Crippen molar-refractivity contribution in [1.29, 1.82) is 0 Å². The van der Waals surface area contributed by atoms with Gasteiger partial charge in [-0.2, -0.15) is 5.10 Å². The molecular weight excluding hydrogens is 362 g/mol. The lowest BCUT2D eigenvalue weighted by Crippen LogP contribution is -2.22. The second kappa shape index (κ2) is 8.12. The van der Waals surface area contributed by atoms with Gasteiger partial charge in [0, 0.05) is 36.1 Å². The molecule has 2 aromatic carbocycles. The van der Waals surface area contributed by atoms with E-state index < -0.39 is 4.92 Å². The van der Waals surface area contributed by atoms with Crippen molar-refractivity contribution in [3.63, 3.8) is 0 Å². The summed E-state index contributed by atoms with van der Waals surface area (Å²) >= 11 is 0. The van der Waals surface area contributed by atoms with Gasteiger partial charge in [-0.05, 0) is 43.3 Å². The lowest BCUT2D eigenvalue weighted by Gasteiger charge is -2.06. The first-order valence-corrected chi connectivity index (χ1v) is 8.47. The van der Waals surface area contributed by atoms with Gasteiger partial charge in [0.25, 0.3) is 17.5 Å². The first-order valence-electron chi connectivity index (χ1n) is 8.47. The molecule has 0 atom stereocenters. The van der Waals surface area contributed by atoms with Crippen molar-refractivity contribution in [3.8, 4) is 5.69 Å². The number of hydrogen-bond acceptors (Lipinski definition) is 5. The van der Waals surface area contributed by atoms with Crippen LogP contribution < -0.4 is 10.6 Å². The third-order valence-corrected chi connectivity index (χ3v) is 3.91. The van der Waals surface area contributed by atoms with Crippen LogP contribution >= 0.6 is 0 Å². The average molecular weight is 379 g/mol. The maximum Gasteiger partial charge on any atom is 0.269 e. The largest absolute Gasteiger partial charge is 0.352 e. The third-order valence-electron chi connectivity index (χ3n) is 3.91. The van der Waals surface area contributed by atoms with Crippen LogP contribution in [0, 0.1) is 10.1 Å². The summed E-state index contributed by atoms with van der Waals surface area (Å²) in [6.45, 7) is 2.37. The molecule has 0 aliphatic carbocycles. The quantitative estimate of drug-likeness (QED) is 0.504. The molecule has 3 aromatic rings. The molecule has 0 fully saturated rings. The fraction of sp³-hybridized carbons (Fsp3) is 0.105. The van der Waals surface area contributed by atoms with Gasteiger partial charge in [0.1, 0.15) is 0 Å². The van der Waals surface area contributed by atoms with Crippen molar-refractivity contribution in [3.05, 3.63) is 82.2 Å². The van der Waals surface area contributed by atoms with E-state index >= 15 is 0 Å². The molecule has 2 amide bonds. The Morgan fingerprint density at radius 1 is 1.04 bits per heavy atom.